The maximum atomic E-state index is 12.4. The molecule has 0 bridgehead atoms. The fourth-order valence-electron chi connectivity index (χ4n) is 2.83. The van der Waals surface area contributed by atoms with Crippen LogP contribution in [-0.4, -0.2) is 19.7 Å². The molecule has 0 radical (unpaired) electrons. The molecule has 4 rings (SSSR count). The molecule has 136 valence electrons. The summed E-state index contributed by atoms with van der Waals surface area (Å²) in [7, 11) is 0. The first-order valence-electron chi connectivity index (χ1n) is 8.25. The monoisotopic (exact) mass is 490 g/mol. The Labute approximate surface area is 172 Å². The third-order valence-corrected chi connectivity index (χ3v) is 6.23. The minimum Gasteiger partial charge on any atom is -0.310 e. The highest BCUT2D eigenvalue weighted by atomic mass is 127. The summed E-state index contributed by atoms with van der Waals surface area (Å²) in [5.41, 5.74) is 1.94. The van der Waals surface area contributed by atoms with Gasteiger partial charge in [-0.3, -0.25) is 19.8 Å². The van der Waals surface area contributed by atoms with Crippen LogP contribution in [0, 0.1) is 3.57 Å². The number of thioether (sulfide) groups is 1. The number of fused-ring (bicyclic) bond motifs is 1. The molecule has 27 heavy (non-hydrogen) atoms. The predicted octanol–water partition coefficient (Wildman–Crippen LogP) is 3.36. The Hall–Kier alpha value is -2.33. The van der Waals surface area contributed by atoms with Crippen molar-refractivity contribution in [3.63, 3.8) is 0 Å². The van der Waals surface area contributed by atoms with Crippen molar-refractivity contribution in [2.45, 2.75) is 17.5 Å². The van der Waals surface area contributed by atoms with E-state index in [2.05, 4.69) is 49.9 Å². The molecule has 2 aromatic heterocycles. The number of nitrogens with zero attached hydrogens (tertiary/aromatic N) is 2. The van der Waals surface area contributed by atoms with Crippen molar-refractivity contribution in [2.24, 2.45) is 0 Å². The number of imidazole rings is 1. The predicted molar refractivity (Wildman–Crippen MR) is 115 cm³/mol. The number of halogens is 1. The van der Waals surface area contributed by atoms with E-state index < -0.39 is 5.56 Å². The summed E-state index contributed by atoms with van der Waals surface area (Å²) in [5, 5.41) is 5.40. The van der Waals surface area contributed by atoms with Gasteiger partial charge in [-0.15, -0.1) is 0 Å². The zero-order valence-electron chi connectivity index (χ0n) is 14.1. The zero-order valence-corrected chi connectivity index (χ0v) is 17.1. The van der Waals surface area contributed by atoms with Crippen molar-refractivity contribution in [1.29, 1.82) is 0 Å². The van der Waals surface area contributed by atoms with Crippen molar-refractivity contribution in [3.05, 3.63) is 90.0 Å². The van der Waals surface area contributed by atoms with E-state index in [0.29, 0.717) is 23.0 Å². The average Bonchev–Trinajstić information content (AvgIpc) is 3.04. The van der Waals surface area contributed by atoms with E-state index in [1.807, 2.05) is 47.0 Å². The first-order valence-corrected chi connectivity index (χ1v) is 10.3. The van der Waals surface area contributed by atoms with Gasteiger partial charge in [0.15, 0.2) is 10.7 Å². The largest absolute Gasteiger partial charge is 0.310 e. The Morgan fingerprint density at radius 2 is 1.67 bits per heavy atom. The topological polar surface area (TPSA) is 83.5 Å². The Kier molecular flexibility index (Phi) is 5.17. The van der Waals surface area contributed by atoms with E-state index in [0.717, 1.165) is 5.56 Å². The summed E-state index contributed by atoms with van der Waals surface area (Å²) >= 11 is 3.82. The van der Waals surface area contributed by atoms with Gasteiger partial charge in [-0.2, -0.15) is 0 Å². The van der Waals surface area contributed by atoms with Crippen LogP contribution >= 0.6 is 34.4 Å². The van der Waals surface area contributed by atoms with Gasteiger partial charge in [0.1, 0.15) is 5.52 Å². The van der Waals surface area contributed by atoms with Crippen molar-refractivity contribution >= 4 is 45.4 Å². The van der Waals surface area contributed by atoms with Gasteiger partial charge in [0.05, 0.1) is 6.54 Å². The second kappa shape index (κ2) is 7.73. The van der Waals surface area contributed by atoms with Gasteiger partial charge < -0.3 is 4.57 Å². The number of aromatic amines is 2. The molecule has 8 heteroatoms. The molecule has 0 saturated carbocycles. The summed E-state index contributed by atoms with van der Waals surface area (Å²) in [6.45, 7) is 0.470. The molecule has 0 atom stereocenters. The molecule has 0 spiro atoms. The minimum absolute atomic E-state index is 0.167. The third kappa shape index (κ3) is 3.72. The van der Waals surface area contributed by atoms with Crippen LogP contribution in [0.25, 0.3) is 11.0 Å². The molecule has 6 nitrogen and oxygen atoms in total. The van der Waals surface area contributed by atoms with Crippen LogP contribution in [0.1, 0.15) is 11.1 Å². The molecule has 2 aromatic carbocycles. The van der Waals surface area contributed by atoms with Crippen LogP contribution in [0.5, 0.6) is 0 Å². The minimum atomic E-state index is -0.396. The number of nitrogens with one attached hydrogen (secondary N) is 2. The molecule has 4 aromatic rings. The second-order valence-electron chi connectivity index (χ2n) is 5.95. The van der Waals surface area contributed by atoms with Crippen LogP contribution in [0.15, 0.2) is 69.3 Å². The van der Waals surface area contributed by atoms with Gasteiger partial charge >= 0.3 is 0 Å². The van der Waals surface area contributed by atoms with Crippen molar-refractivity contribution in [2.75, 3.05) is 0 Å². The van der Waals surface area contributed by atoms with E-state index in [4.69, 9.17) is 0 Å². The molecular weight excluding hydrogens is 475 g/mol. The van der Waals surface area contributed by atoms with Gasteiger partial charge in [0.25, 0.3) is 11.1 Å². The second-order valence-corrected chi connectivity index (χ2v) is 8.06. The standard InChI is InChI=1S/C19H15IN4O2S/c20-14-9-5-4-8-13(14)11-27-19-21-15-16(18(26)23-22-17(15)25)24(19)10-12-6-2-1-3-7-12/h1-9H,10-11H2,(H,22,25)(H,23,26). The first-order chi connectivity index (χ1) is 13.1. The van der Waals surface area contributed by atoms with Crippen LogP contribution in [0.3, 0.4) is 0 Å². The lowest BCUT2D eigenvalue weighted by Gasteiger charge is -2.09. The Morgan fingerprint density at radius 3 is 2.44 bits per heavy atom. The van der Waals surface area contributed by atoms with Crippen LogP contribution in [0.4, 0.5) is 0 Å². The molecule has 2 N–H and O–H groups in total. The van der Waals surface area contributed by atoms with Crippen LogP contribution < -0.4 is 11.1 Å². The number of benzene rings is 2. The Balaban J connectivity index is 1.79. The van der Waals surface area contributed by atoms with Crippen molar-refractivity contribution < 1.29 is 0 Å². The summed E-state index contributed by atoms with van der Waals surface area (Å²) < 4.78 is 2.99. The maximum absolute atomic E-state index is 12.4. The van der Waals surface area contributed by atoms with Gasteiger partial charge in [0, 0.05) is 9.32 Å². The van der Waals surface area contributed by atoms with E-state index in [1.165, 1.54) is 20.9 Å². The molecule has 0 amide bonds. The lowest BCUT2D eigenvalue weighted by Crippen LogP contribution is -2.20. The Bertz CT molecular complexity index is 1210. The molecular formula is C19H15IN4O2S. The van der Waals surface area contributed by atoms with E-state index in [-0.39, 0.29) is 11.1 Å². The van der Waals surface area contributed by atoms with Crippen LogP contribution in [-0.2, 0) is 12.3 Å². The summed E-state index contributed by atoms with van der Waals surface area (Å²) in [5.74, 6) is 0.701. The van der Waals surface area contributed by atoms with E-state index in [1.54, 1.807) is 0 Å². The summed E-state index contributed by atoms with van der Waals surface area (Å²) in [4.78, 5) is 29.0. The van der Waals surface area contributed by atoms with Gasteiger partial charge in [0.2, 0.25) is 0 Å². The van der Waals surface area contributed by atoms with Crippen molar-refractivity contribution in [1.82, 2.24) is 19.7 Å². The average molecular weight is 490 g/mol. The normalized spacial score (nSPS) is 11.1. The molecule has 0 unspecified atom stereocenters. The quantitative estimate of drug-likeness (QED) is 0.332. The van der Waals surface area contributed by atoms with Gasteiger partial charge in [-0.1, -0.05) is 60.3 Å². The molecule has 0 aliphatic rings. The zero-order chi connectivity index (χ0) is 18.8. The lowest BCUT2D eigenvalue weighted by molar-refractivity contribution is 0.727. The van der Waals surface area contributed by atoms with Crippen LogP contribution in [0.2, 0.25) is 0 Å². The molecule has 0 fully saturated rings. The highest BCUT2D eigenvalue weighted by molar-refractivity contribution is 14.1. The number of rotatable bonds is 5. The summed E-state index contributed by atoms with van der Waals surface area (Å²) in [6, 6.07) is 17.9. The molecule has 2 heterocycles. The molecule has 0 aliphatic carbocycles. The SMILES string of the molecule is O=c1[nH][nH]c(=O)c2c1nc(SCc1ccccc1I)n2Cc1ccccc1. The summed E-state index contributed by atoms with van der Waals surface area (Å²) in [6.07, 6.45) is 0. The van der Waals surface area contributed by atoms with Gasteiger partial charge in [-0.05, 0) is 39.8 Å². The fourth-order valence-corrected chi connectivity index (χ4v) is 4.67. The molecule has 0 saturated heterocycles. The van der Waals surface area contributed by atoms with E-state index >= 15 is 0 Å². The highest BCUT2D eigenvalue weighted by Gasteiger charge is 2.17. The fraction of sp³-hybridized carbons (Fsp3) is 0.105. The Morgan fingerprint density at radius 1 is 0.963 bits per heavy atom. The number of hydrogen-bond acceptors (Lipinski definition) is 4. The number of aromatic nitrogens is 4. The third-order valence-electron chi connectivity index (χ3n) is 4.15. The smallest absolute Gasteiger partial charge is 0.290 e. The number of H-pyrrole nitrogens is 2. The molecule has 0 aliphatic heterocycles. The van der Waals surface area contributed by atoms with Gasteiger partial charge in [-0.25, -0.2) is 4.98 Å². The highest BCUT2D eigenvalue weighted by Crippen LogP contribution is 2.27. The maximum Gasteiger partial charge on any atom is 0.290 e. The van der Waals surface area contributed by atoms with E-state index in [9.17, 15) is 9.59 Å². The first kappa shape index (κ1) is 18.1. The lowest BCUT2D eigenvalue weighted by atomic mass is 10.2. The van der Waals surface area contributed by atoms with Crippen molar-refractivity contribution in [3.8, 4) is 0 Å². The number of hydrogen-bond donors (Lipinski definition) is 2.